The standard InChI is InChI=1S/C15H24F3N5O.ClH/c1-14(2,3)23-10-11(8-21-23)13(24)20-9-12(15(16,17)18)22-6-4-19-5-7-22;/h8,10,12,19H,4-7,9H2,1-3H3,(H,20,24);1H. The van der Waals surface area contributed by atoms with E-state index in [4.69, 9.17) is 0 Å². The maximum Gasteiger partial charge on any atom is 0.405 e. The Hall–Kier alpha value is -1.32. The number of aromatic nitrogens is 2. The summed E-state index contributed by atoms with van der Waals surface area (Å²) in [6, 6.07) is -1.68. The van der Waals surface area contributed by atoms with Gasteiger partial charge in [0.2, 0.25) is 0 Å². The van der Waals surface area contributed by atoms with Crippen molar-refractivity contribution in [2.45, 2.75) is 38.5 Å². The summed E-state index contributed by atoms with van der Waals surface area (Å²) in [6.45, 7) is 6.94. The highest BCUT2D eigenvalue weighted by atomic mass is 35.5. The SMILES string of the molecule is CC(C)(C)n1cc(C(=O)NCC(N2CCNCC2)C(F)(F)F)cn1.Cl. The Balaban J connectivity index is 0.00000312. The van der Waals surface area contributed by atoms with E-state index in [1.165, 1.54) is 11.1 Å². The van der Waals surface area contributed by atoms with Crippen LogP contribution in [-0.2, 0) is 5.54 Å². The molecule has 1 aliphatic heterocycles. The van der Waals surface area contributed by atoms with Crippen molar-refractivity contribution in [1.29, 1.82) is 0 Å². The molecule has 1 saturated heterocycles. The first kappa shape index (κ1) is 21.7. The molecular formula is C15H25ClF3N5O. The van der Waals surface area contributed by atoms with Crippen LogP contribution in [0.15, 0.2) is 12.4 Å². The van der Waals surface area contributed by atoms with E-state index in [0.29, 0.717) is 26.2 Å². The molecule has 2 N–H and O–H groups in total. The van der Waals surface area contributed by atoms with Crippen LogP contribution in [0.1, 0.15) is 31.1 Å². The number of hydrogen-bond acceptors (Lipinski definition) is 4. The van der Waals surface area contributed by atoms with E-state index >= 15 is 0 Å². The molecule has 1 unspecified atom stereocenters. The van der Waals surface area contributed by atoms with Crippen molar-refractivity contribution in [2.75, 3.05) is 32.7 Å². The van der Waals surface area contributed by atoms with Crippen molar-refractivity contribution >= 4 is 18.3 Å². The van der Waals surface area contributed by atoms with Crippen molar-refractivity contribution in [3.05, 3.63) is 18.0 Å². The second-order valence-electron chi connectivity index (χ2n) is 6.90. The third-order valence-corrected chi connectivity index (χ3v) is 3.96. The molecule has 144 valence electrons. The van der Waals surface area contributed by atoms with E-state index in [0.717, 1.165) is 0 Å². The van der Waals surface area contributed by atoms with Gasteiger partial charge in [0.05, 0.1) is 17.3 Å². The lowest BCUT2D eigenvalue weighted by molar-refractivity contribution is -0.183. The third kappa shape index (κ3) is 5.86. The number of nitrogens with one attached hydrogen (secondary N) is 2. The minimum absolute atomic E-state index is 0. The average molecular weight is 384 g/mol. The first-order valence-corrected chi connectivity index (χ1v) is 7.94. The van der Waals surface area contributed by atoms with E-state index in [2.05, 4.69) is 15.7 Å². The van der Waals surface area contributed by atoms with Gasteiger partial charge in [0.1, 0.15) is 6.04 Å². The molecule has 6 nitrogen and oxygen atoms in total. The first-order valence-electron chi connectivity index (χ1n) is 7.94. The Labute approximate surface area is 151 Å². The summed E-state index contributed by atoms with van der Waals surface area (Å²) in [7, 11) is 0. The molecule has 2 rings (SSSR count). The van der Waals surface area contributed by atoms with Crippen LogP contribution in [0.5, 0.6) is 0 Å². The van der Waals surface area contributed by atoms with Gasteiger partial charge in [-0.3, -0.25) is 14.4 Å². The molecule has 25 heavy (non-hydrogen) atoms. The fourth-order valence-corrected chi connectivity index (χ4v) is 2.54. The fourth-order valence-electron chi connectivity index (χ4n) is 2.54. The molecule has 1 aromatic rings. The predicted molar refractivity (Wildman–Crippen MR) is 91.1 cm³/mol. The van der Waals surface area contributed by atoms with Gasteiger partial charge in [-0.2, -0.15) is 18.3 Å². The topological polar surface area (TPSA) is 62.2 Å². The summed E-state index contributed by atoms with van der Waals surface area (Å²) < 4.78 is 41.5. The average Bonchev–Trinajstić information content (AvgIpc) is 2.97. The number of carbonyl (C=O) groups is 1. The smallest absolute Gasteiger partial charge is 0.350 e. The summed E-state index contributed by atoms with van der Waals surface area (Å²) in [5.74, 6) is -0.546. The lowest BCUT2D eigenvalue weighted by atomic mass is 10.1. The van der Waals surface area contributed by atoms with Gasteiger partial charge in [-0.15, -0.1) is 12.4 Å². The normalized spacial score (nSPS) is 17.7. The van der Waals surface area contributed by atoms with E-state index in [9.17, 15) is 18.0 Å². The Bertz CT molecular complexity index is 564. The molecule has 0 saturated carbocycles. The Morgan fingerprint density at radius 1 is 1.32 bits per heavy atom. The van der Waals surface area contributed by atoms with E-state index in [1.807, 2.05) is 20.8 Å². The maximum atomic E-state index is 13.3. The summed E-state index contributed by atoms with van der Waals surface area (Å²) >= 11 is 0. The zero-order valence-corrected chi connectivity index (χ0v) is 15.4. The van der Waals surface area contributed by atoms with Crippen LogP contribution < -0.4 is 10.6 Å². The molecule has 0 radical (unpaired) electrons. The third-order valence-electron chi connectivity index (χ3n) is 3.96. The lowest BCUT2D eigenvalue weighted by Gasteiger charge is -2.35. The number of rotatable bonds is 4. The van der Waals surface area contributed by atoms with Crippen molar-refractivity contribution in [3.63, 3.8) is 0 Å². The molecule has 0 aliphatic carbocycles. The fraction of sp³-hybridized carbons (Fsp3) is 0.733. The van der Waals surface area contributed by atoms with Crippen LogP contribution in [0.3, 0.4) is 0 Å². The Kier molecular flexibility index (Phi) is 7.28. The predicted octanol–water partition coefficient (Wildman–Crippen LogP) is 1.63. The van der Waals surface area contributed by atoms with E-state index < -0.39 is 24.7 Å². The van der Waals surface area contributed by atoms with Gasteiger partial charge < -0.3 is 10.6 Å². The number of hydrogen-bond donors (Lipinski definition) is 2. The maximum absolute atomic E-state index is 13.3. The van der Waals surface area contributed by atoms with Crippen molar-refractivity contribution < 1.29 is 18.0 Å². The van der Waals surface area contributed by atoms with Crippen LogP contribution >= 0.6 is 12.4 Å². The second-order valence-corrected chi connectivity index (χ2v) is 6.90. The molecule has 1 fully saturated rings. The van der Waals surface area contributed by atoms with Gasteiger partial charge in [-0.1, -0.05) is 0 Å². The lowest BCUT2D eigenvalue weighted by Crippen LogP contribution is -2.57. The number of carbonyl (C=O) groups excluding carboxylic acids is 1. The summed E-state index contributed by atoms with van der Waals surface area (Å²) in [4.78, 5) is 13.5. The minimum Gasteiger partial charge on any atom is -0.350 e. The quantitative estimate of drug-likeness (QED) is 0.829. The molecule has 0 aromatic carbocycles. The Morgan fingerprint density at radius 2 is 1.92 bits per heavy atom. The van der Waals surface area contributed by atoms with Crippen LogP contribution in [0.2, 0.25) is 0 Å². The van der Waals surface area contributed by atoms with Gasteiger partial charge in [0.25, 0.3) is 5.91 Å². The van der Waals surface area contributed by atoms with Crippen LogP contribution in [0.25, 0.3) is 0 Å². The molecule has 1 aromatic heterocycles. The molecule has 10 heteroatoms. The van der Waals surface area contributed by atoms with Gasteiger partial charge >= 0.3 is 6.18 Å². The van der Waals surface area contributed by atoms with E-state index in [1.54, 1.807) is 10.9 Å². The van der Waals surface area contributed by atoms with Gasteiger partial charge in [0, 0.05) is 38.9 Å². The molecule has 1 atom stereocenters. The number of alkyl halides is 3. The number of piperazine rings is 1. The highest BCUT2D eigenvalue weighted by molar-refractivity contribution is 5.93. The van der Waals surface area contributed by atoms with Crippen molar-refractivity contribution in [2.24, 2.45) is 0 Å². The van der Waals surface area contributed by atoms with E-state index in [-0.39, 0.29) is 23.5 Å². The van der Waals surface area contributed by atoms with Crippen molar-refractivity contribution in [1.82, 2.24) is 25.3 Å². The summed E-state index contributed by atoms with van der Waals surface area (Å²) in [5.41, 5.74) is -0.0421. The molecule has 0 bridgehead atoms. The van der Waals surface area contributed by atoms with Crippen molar-refractivity contribution in [3.8, 4) is 0 Å². The van der Waals surface area contributed by atoms with Crippen LogP contribution in [0, 0.1) is 0 Å². The monoisotopic (exact) mass is 383 g/mol. The van der Waals surface area contributed by atoms with Gasteiger partial charge in [0.15, 0.2) is 0 Å². The summed E-state index contributed by atoms with van der Waals surface area (Å²) in [6.07, 6.45) is -1.48. The number of amides is 1. The molecule has 1 aliphatic rings. The highest BCUT2D eigenvalue weighted by Crippen LogP contribution is 2.25. The molecule has 0 spiro atoms. The number of halogens is 4. The molecule has 2 heterocycles. The van der Waals surface area contributed by atoms with Gasteiger partial charge in [-0.25, -0.2) is 0 Å². The number of nitrogens with zero attached hydrogens (tertiary/aromatic N) is 3. The largest absolute Gasteiger partial charge is 0.405 e. The van der Waals surface area contributed by atoms with Crippen LogP contribution in [-0.4, -0.2) is 65.5 Å². The zero-order chi connectivity index (χ0) is 18.0. The van der Waals surface area contributed by atoms with Crippen LogP contribution in [0.4, 0.5) is 13.2 Å². The van der Waals surface area contributed by atoms with Gasteiger partial charge in [-0.05, 0) is 20.8 Å². The molecular weight excluding hydrogens is 359 g/mol. The highest BCUT2D eigenvalue weighted by Gasteiger charge is 2.43. The second kappa shape index (κ2) is 8.37. The summed E-state index contributed by atoms with van der Waals surface area (Å²) in [5, 5.41) is 9.50. The molecule has 1 amide bonds. The first-order chi connectivity index (χ1) is 11.1. The zero-order valence-electron chi connectivity index (χ0n) is 14.6. The minimum atomic E-state index is -4.39. The Morgan fingerprint density at radius 3 is 2.40 bits per heavy atom.